The van der Waals surface area contributed by atoms with Crippen molar-refractivity contribution in [1.82, 2.24) is 16.0 Å². The first-order valence-corrected chi connectivity index (χ1v) is 9.07. The van der Waals surface area contributed by atoms with Gasteiger partial charge in [-0.25, -0.2) is 4.79 Å². The average molecular weight is 364 g/mol. The fourth-order valence-electron chi connectivity index (χ4n) is 2.14. The number of nitrogens with one attached hydrogen (secondary N) is 3. The minimum absolute atomic E-state index is 0.421. The highest BCUT2D eigenvalue weighted by molar-refractivity contribution is 5.79. The van der Waals surface area contributed by atoms with Gasteiger partial charge in [-0.15, -0.1) is 0 Å². The third-order valence-corrected chi connectivity index (χ3v) is 3.33. The van der Waals surface area contributed by atoms with E-state index in [2.05, 4.69) is 45.0 Å². The molecule has 0 saturated heterocycles. The summed E-state index contributed by atoms with van der Waals surface area (Å²) in [6.45, 7) is 10.8. The fraction of sp³-hybridized carbons (Fsp3) is 0.579. The molecule has 0 bridgehead atoms. The Kier molecular flexibility index (Phi) is 9.33. The molecule has 26 heavy (non-hydrogen) atoms. The van der Waals surface area contributed by atoms with Gasteiger partial charge in [0, 0.05) is 38.9 Å². The zero-order valence-electron chi connectivity index (χ0n) is 16.6. The minimum atomic E-state index is -0.491. The summed E-state index contributed by atoms with van der Waals surface area (Å²) in [6, 6.07) is 10.2. The Bertz CT molecular complexity index is 555. The molecule has 0 aliphatic carbocycles. The number of para-hydroxylation sites is 1. The SMILES string of the molecule is CCNC(=NCCNC(=O)OC(C)(C)C)NCCN(C)c1ccccc1. The number of alkyl carbamates (subject to hydrolysis) is 1. The van der Waals surface area contributed by atoms with Gasteiger partial charge in [-0.3, -0.25) is 4.99 Å². The standard InChI is InChI=1S/C19H33N5O2/c1-6-20-17(21-12-13-23-18(25)26-19(2,3)4)22-14-15-24(5)16-10-8-7-9-11-16/h7-11H,6,12-15H2,1-5H3,(H,23,25)(H2,20,21,22). The van der Waals surface area contributed by atoms with Crippen LogP contribution < -0.4 is 20.9 Å². The van der Waals surface area contributed by atoms with Gasteiger partial charge in [0.25, 0.3) is 0 Å². The highest BCUT2D eigenvalue weighted by Crippen LogP contribution is 2.09. The predicted octanol–water partition coefficient (Wildman–Crippen LogP) is 2.20. The summed E-state index contributed by atoms with van der Waals surface area (Å²) in [5.41, 5.74) is 0.687. The molecule has 7 nitrogen and oxygen atoms in total. The number of amides is 1. The van der Waals surface area contributed by atoms with Gasteiger partial charge in [-0.05, 0) is 39.8 Å². The van der Waals surface area contributed by atoms with Gasteiger partial charge in [0.05, 0.1) is 6.54 Å². The summed E-state index contributed by atoms with van der Waals surface area (Å²) in [4.78, 5) is 18.2. The van der Waals surface area contributed by atoms with Crippen LogP contribution in [0, 0.1) is 0 Å². The van der Waals surface area contributed by atoms with E-state index in [1.54, 1.807) is 0 Å². The van der Waals surface area contributed by atoms with Crippen molar-refractivity contribution >= 4 is 17.7 Å². The first kappa shape index (κ1) is 21.6. The minimum Gasteiger partial charge on any atom is -0.444 e. The van der Waals surface area contributed by atoms with Crippen molar-refractivity contribution < 1.29 is 9.53 Å². The molecule has 146 valence electrons. The third kappa shape index (κ3) is 9.76. The molecule has 0 atom stereocenters. The number of nitrogens with zero attached hydrogens (tertiary/aromatic N) is 2. The van der Waals surface area contributed by atoms with Gasteiger partial charge in [-0.1, -0.05) is 18.2 Å². The van der Waals surface area contributed by atoms with Crippen LogP contribution in [-0.4, -0.2) is 57.4 Å². The number of aliphatic imine (C=N–C) groups is 1. The Morgan fingerprint density at radius 3 is 2.42 bits per heavy atom. The zero-order chi connectivity index (χ0) is 19.4. The fourth-order valence-corrected chi connectivity index (χ4v) is 2.14. The number of carbonyl (C=O) groups is 1. The number of rotatable bonds is 8. The maximum atomic E-state index is 11.6. The van der Waals surface area contributed by atoms with Gasteiger partial charge < -0.3 is 25.6 Å². The van der Waals surface area contributed by atoms with Crippen molar-refractivity contribution in [2.24, 2.45) is 4.99 Å². The monoisotopic (exact) mass is 363 g/mol. The molecule has 0 heterocycles. The number of ether oxygens (including phenoxy) is 1. The molecule has 0 saturated carbocycles. The van der Waals surface area contributed by atoms with Gasteiger partial charge in [0.15, 0.2) is 5.96 Å². The highest BCUT2D eigenvalue weighted by atomic mass is 16.6. The van der Waals surface area contributed by atoms with Gasteiger partial charge in [-0.2, -0.15) is 0 Å². The molecule has 0 aliphatic heterocycles. The molecule has 3 N–H and O–H groups in total. The Morgan fingerprint density at radius 2 is 1.81 bits per heavy atom. The molecule has 0 aliphatic rings. The molecule has 1 aromatic carbocycles. The van der Waals surface area contributed by atoms with Crippen molar-refractivity contribution in [1.29, 1.82) is 0 Å². The molecule has 0 aromatic heterocycles. The molecule has 1 amide bonds. The Hall–Kier alpha value is -2.44. The first-order valence-electron chi connectivity index (χ1n) is 9.07. The van der Waals surface area contributed by atoms with E-state index in [0.717, 1.165) is 25.6 Å². The summed E-state index contributed by atoms with van der Waals surface area (Å²) < 4.78 is 5.19. The molecule has 1 rings (SSSR count). The number of carbonyl (C=O) groups excluding carboxylic acids is 1. The lowest BCUT2D eigenvalue weighted by Crippen LogP contribution is -2.41. The van der Waals surface area contributed by atoms with Crippen molar-refractivity contribution in [2.75, 3.05) is 44.7 Å². The molecular weight excluding hydrogens is 330 g/mol. The quantitative estimate of drug-likeness (QED) is 0.375. The highest BCUT2D eigenvalue weighted by Gasteiger charge is 2.15. The zero-order valence-corrected chi connectivity index (χ0v) is 16.6. The van der Waals surface area contributed by atoms with Crippen molar-refractivity contribution in [3.8, 4) is 0 Å². The molecule has 0 fully saturated rings. The van der Waals surface area contributed by atoms with Crippen LogP contribution in [0.15, 0.2) is 35.3 Å². The van der Waals surface area contributed by atoms with Crippen LogP contribution in [0.1, 0.15) is 27.7 Å². The largest absolute Gasteiger partial charge is 0.444 e. The van der Waals surface area contributed by atoms with Gasteiger partial charge in [0.1, 0.15) is 5.60 Å². The maximum absolute atomic E-state index is 11.6. The molecule has 0 unspecified atom stereocenters. The van der Waals surface area contributed by atoms with Crippen molar-refractivity contribution in [2.45, 2.75) is 33.3 Å². The summed E-state index contributed by atoms with van der Waals surface area (Å²) in [7, 11) is 2.06. The topological polar surface area (TPSA) is 78.0 Å². The Balaban J connectivity index is 2.33. The van der Waals surface area contributed by atoms with Crippen LogP contribution in [0.5, 0.6) is 0 Å². The van der Waals surface area contributed by atoms with Crippen molar-refractivity contribution in [3.63, 3.8) is 0 Å². The van der Waals surface area contributed by atoms with E-state index in [9.17, 15) is 4.79 Å². The van der Waals surface area contributed by atoms with E-state index in [-0.39, 0.29) is 0 Å². The Labute approximate surface area is 157 Å². The van der Waals surface area contributed by atoms with Crippen molar-refractivity contribution in [3.05, 3.63) is 30.3 Å². The number of guanidine groups is 1. The van der Waals surface area contributed by atoms with Crippen LogP contribution >= 0.6 is 0 Å². The molecule has 0 radical (unpaired) electrons. The number of benzene rings is 1. The first-order chi connectivity index (χ1) is 12.3. The van der Waals surface area contributed by atoms with E-state index in [0.29, 0.717) is 13.1 Å². The van der Waals surface area contributed by atoms with Gasteiger partial charge in [0.2, 0.25) is 0 Å². The van der Waals surface area contributed by atoms with Crippen LogP contribution in [0.4, 0.5) is 10.5 Å². The van der Waals surface area contributed by atoms with Gasteiger partial charge >= 0.3 is 6.09 Å². The number of hydrogen-bond donors (Lipinski definition) is 3. The lowest BCUT2D eigenvalue weighted by Gasteiger charge is -2.20. The normalized spacial score (nSPS) is 11.7. The maximum Gasteiger partial charge on any atom is 0.407 e. The van der Waals surface area contributed by atoms with E-state index in [1.165, 1.54) is 5.69 Å². The van der Waals surface area contributed by atoms with Crippen LogP contribution in [0.3, 0.4) is 0 Å². The number of hydrogen-bond acceptors (Lipinski definition) is 4. The summed E-state index contributed by atoms with van der Waals surface area (Å²) in [5, 5.41) is 9.20. The second kappa shape index (κ2) is 11.2. The average Bonchev–Trinajstić information content (AvgIpc) is 2.57. The Morgan fingerprint density at radius 1 is 1.12 bits per heavy atom. The van der Waals surface area contributed by atoms with E-state index in [1.807, 2.05) is 45.9 Å². The lowest BCUT2D eigenvalue weighted by atomic mass is 10.2. The summed E-state index contributed by atoms with van der Waals surface area (Å²) in [6.07, 6.45) is -0.421. The summed E-state index contributed by atoms with van der Waals surface area (Å²) in [5.74, 6) is 0.736. The second-order valence-corrected chi connectivity index (χ2v) is 6.87. The smallest absolute Gasteiger partial charge is 0.407 e. The van der Waals surface area contributed by atoms with Crippen LogP contribution in [0.2, 0.25) is 0 Å². The van der Waals surface area contributed by atoms with Crippen LogP contribution in [0.25, 0.3) is 0 Å². The molecule has 7 heteroatoms. The second-order valence-electron chi connectivity index (χ2n) is 6.87. The summed E-state index contributed by atoms with van der Waals surface area (Å²) >= 11 is 0. The number of anilines is 1. The molecule has 1 aromatic rings. The van der Waals surface area contributed by atoms with E-state index < -0.39 is 11.7 Å². The van der Waals surface area contributed by atoms with Crippen LogP contribution in [-0.2, 0) is 4.74 Å². The molecule has 0 spiro atoms. The lowest BCUT2D eigenvalue weighted by molar-refractivity contribution is 0.0529. The molecular formula is C19H33N5O2. The number of likely N-dealkylation sites (N-methyl/N-ethyl adjacent to an activating group) is 1. The third-order valence-electron chi connectivity index (χ3n) is 3.33. The predicted molar refractivity (Wildman–Crippen MR) is 108 cm³/mol. The van der Waals surface area contributed by atoms with E-state index in [4.69, 9.17) is 4.74 Å². The van der Waals surface area contributed by atoms with E-state index >= 15 is 0 Å².